The predicted octanol–water partition coefficient (Wildman–Crippen LogP) is -1.07. The summed E-state index contributed by atoms with van der Waals surface area (Å²) in [4.78, 5) is 29.4. The van der Waals surface area contributed by atoms with Gasteiger partial charge in [0.1, 0.15) is 0 Å². The molecular formula is C2H4N6O5. The van der Waals surface area contributed by atoms with Gasteiger partial charge in [0, 0.05) is 0 Å². The molecule has 11 nitrogen and oxygen atoms in total. The minimum absolute atomic E-state index is 0.143. The second kappa shape index (κ2) is 4.53. The summed E-state index contributed by atoms with van der Waals surface area (Å²) >= 11 is 0. The van der Waals surface area contributed by atoms with Crippen molar-refractivity contribution >= 4 is 5.96 Å². The second-order valence-corrected chi connectivity index (χ2v) is 1.64. The molecule has 0 saturated carbocycles. The van der Waals surface area contributed by atoms with Crippen LogP contribution in [0.15, 0.2) is 10.4 Å². The van der Waals surface area contributed by atoms with Crippen LogP contribution < -0.4 is 5.43 Å². The second-order valence-electron chi connectivity index (χ2n) is 1.64. The zero-order valence-corrected chi connectivity index (χ0v) is 6.28. The molecular weight excluding hydrogens is 188 g/mol. The highest BCUT2D eigenvalue weighted by molar-refractivity contribution is 5.76. The first-order valence-corrected chi connectivity index (χ1v) is 2.68. The Balaban J connectivity index is 4.60. The first-order valence-electron chi connectivity index (χ1n) is 2.68. The Labute approximate surface area is 70.2 Å². The van der Waals surface area contributed by atoms with E-state index in [0.29, 0.717) is 0 Å². The number of hydrazine groups is 2. The third kappa shape index (κ3) is 3.54. The van der Waals surface area contributed by atoms with Gasteiger partial charge < -0.3 is 0 Å². The molecule has 0 heterocycles. The fraction of sp³-hybridized carbons (Fsp3) is 0.500. The van der Waals surface area contributed by atoms with Gasteiger partial charge in [0.2, 0.25) is 0 Å². The van der Waals surface area contributed by atoms with E-state index < -0.39 is 16.0 Å². The van der Waals surface area contributed by atoms with Crippen LogP contribution in [-0.2, 0) is 0 Å². The summed E-state index contributed by atoms with van der Waals surface area (Å²) in [7, 11) is 0.862. The van der Waals surface area contributed by atoms with Crippen molar-refractivity contribution in [1.29, 1.82) is 0 Å². The van der Waals surface area contributed by atoms with Gasteiger partial charge in [0.15, 0.2) is 10.1 Å². The molecule has 0 bridgehead atoms. The lowest BCUT2D eigenvalue weighted by Crippen LogP contribution is -2.44. The van der Waals surface area contributed by atoms with Crippen molar-refractivity contribution in [3.05, 3.63) is 25.1 Å². The van der Waals surface area contributed by atoms with Crippen LogP contribution in [0.4, 0.5) is 0 Å². The molecule has 13 heavy (non-hydrogen) atoms. The molecule has 0 unspecified atom stereocenters. The Bertz CT molecular complexity index is 260. The van der Waals surface area contributed by atoms with E-state index in [1.807, 2.05) is 5.29 Å². The summed E-state index contributed by atoms with van der Waals surface area (Å²) in [6.07, 6.45) is 0. The van der Waals surface area contributed by atoms with Gasteiger partial charge >= 0.3 is 5.96 Å². The van der Waals surface area contributed by atoms with E-state index in [1.54, 1.807) is 0 Å². The zero-order chi connectivity index (χ0) is 10.4. The first kappa shape index (κ1) is 10.7. The molecule has 1 N–H and O–H groups in total. The Morgan fingerprint density at radius 1 is 1.46 bits per heavy atom. The molecule has 0 aromatic rings. The van der Waals surface area contributed by atoms with Crippen LogP contribution in [0.3, 0.4) is 0 Å². The maximum absolute atomic E-state index is 10.0. The van der Waals surface area contributed by atoms with Crippen LogP contribution in [0.2, 0.25) is 0 Å². The van der Waals surface area contributed by atoms with Crippen molar-refractivity contribution < 1.29 is 10.1 Å². The van der Waals surface area contributed by atoms with Crippen LogP contribution in [0.25, 0.3) is 0 Å². The number of nitroso groups, excluding NO2 is 1. The summed E-state index contributed by atoms with van der Waals surface area (Å²) in [5.41, 5.74) is 1.32. The number of hydrogen-bond donors (Lipinski definition) is 1. The standard InChI is InChI=1S/C2H4N6O5/c1-6(8(12)13)2(3-5-9)4-7(10)11/h1H3,(H,3,4,9). The molecule has 11 heteroatoms. The topological polar surface area (TPSA) is 143 Å². The minimum Gasteiger partial charge on any atom is -0.234 e. The van der Waals surface area contributed by atoms with Crippen LogP contribution in [0, 0.1) is 25.1 Å². The molecule has 72 valence electrons. The molecule has 0 aromatic carbocycles. The van der Waals surface area contributed by atoms with Gasteiger partial charge in [-0.3, -0.25) is 0 Å². The summed E-state index contributed by atoms with van der Waals surface area (Å²) < 4.78 is 0. The first-order chi connectivity index (χ1) is 5.99. The molecule has 0 amide bonds. The number of hydrogen-bond acceptors (Lipinski definition) is 6. The highest BCUT2D eigenvalue weighted by Crippen LogP contribution is 1.86. The van der Waals surface area contributed by atoms with Crippen molar-refractivity contribution in [2.24, 2.45) is 10.4 Å². The van der Waals surface area contributed by atoms with Gasteiger partial charge in [-0.25, -0.2) is 20.2 Å². The maximum Gasteiger partial charge on any atom is 0.343 e. The smallest absolute Gasteiger partial charge is 0.234 e. The molecule has 0 atom stereocenters. The molecule has 0 aliphatic rings. The number of guanidine groups is 1. The third-order valence-corrected chi connectivity index (χ3v) is 0.878. The average molecular weight is 192 g/mol. The molecule has 0 saturated heterocycles. The van der Waals surface area contributed by atoms with Crippen LogP contribution in [-0.4, -0.2) is 28.1 Å². The normalized spacial score (nSPS) is 10.4. The van der Waals surface area contributed by atoms with Crippen molar-refractivity contribution in [2.45, 2.75) is 0 Å². The lowest BCUT2D eigenvalue weighted by Gasteiger charge is -2.05. The van der Waals surface area contributed by atoms with Crippen LogP contribution in [0.5, 0.6) is 0 Å². The highest BCUT2D eigenvalue weighted by Gasteiger charge is 2.21. The lowest BCUT2D eigenvalue weighted by atomic mass is 10.9. The SMILES string of the molecule is CN(C(=NN=O)N[N+](=O)[O-])[N+](=O)[O-]. The number of rotatable bonds is 3. The molecule has 0 aromatic heterocycles. The molecule has 0 aliphatic heterocycles. The largest absolute Gasteiger partial charge is 0.343 e. The summed E-state index contributed by atoms with van der Waals surface area (Å²) in [5.74, 6) is -0.884. The average Bonchev–Trinajstić information content (AvgIpc) is 2.01. The molecule has 0 fully saturated rings. The van der Waals surface area contributed by atoms with E-state index in [4.69, 9.17) is 0 Å². The lowest BCUT2D eigenvalue weighted by molar-refractivity contribution is -0.630. The Hall–Kier alpha value is -2.33. The minimum atomic E-state index is -1.11. The summed E-state index contributed by atoms with van der Waals surface area (Å²) in [6, 6.07) is 0. The van der Waals surface area contributed by atoms with Crippen molar-refractivity contribution in [1.82, 2.24) is 10.4 Å². The van der Waals surface area contributed by atoms with Gasteiger partial charge in [-0.15, -0.1) is 4.91 Å². The van der Waals surface area contributed by atoms with Gasteiger partial charge in [0.05, 0.1) is 12.3 Å². The van der Waals surface area contributed by atoms with E-state index >= 15 is 0 Å². The van der Waals surface area contributed by atoms with Gasteiger partial charge in [0.25, 0.3) is 0 Å². The van der Waals surface area contributed by atoms with E-state index in [-0.39, 0.29) is 5.01 Å². The van der Waals surface area contributed by atoms with Crippen LogP contribution in [0.1, 0.15) is 0 Å². The van der Waals surface area contributed by atoms with Gasteiger partial charge in [-0.1, -0.05) is 15.5 Å². The quantitative estimate of drug-likeness (QED) is 0.197. The molecule has 0 rings (SSSR count). The number of nitrogens with zero attached hydrogens (tertiary/aromatic N) is 5. The number of nitro groups is 2. The molecule has 0 aliphatic carbocycles. The Morgan fingerprint density at radius 2 is 2.00 bits per heavy atom. The van der Waals surface area contributed by atoms with Crippen molar-refractivity contribution in [3.8, 4) is 0 Å². The predicted molar refractivity (Wildman–Crippen MR) is 38.1 cm³/mol. The van der Waals surface area contributed by atoms with Crippen LogP contribution >= 0.6 is 0 Å². The Kier molecular flexibility index (Phi) is 3.72. The third-order valence-electron chi connectivity index (χ3n) is 0.878. The van der Waals surface area contributed by atoms with E-state index in [0.717, 1.165) is 7.05 Å². The van der Waals surface area contributed by atoms with Gasteiger partial charge in [-0.05, 0) is 0 Å². The zero-order valence-electron chi connectivity index (χ0n) is 6.28. The fourth-order valence-corrected chi connectivity index (χ4v) is 0.357. The van der Waals surface area contributed by atoms with E-state index in [9.17, 15) is 25.1 Å². The highest BCUT2D eigenvalue weighted by atomic mass is 16.7. The number of nitrogens with one attached hydrogen (secondary N) is 1. The fourth-order valence-electron chi connectivity index (χ4n) is 0.357. The maximum atomic E-state index is 10.0. The summed E-state index contributed by atoms with van der Waals surface area (Å²) in [6.45, 7) is 0. The summed E-state index contributed by atoms with van der Waals surface area (Å²) in [5, 5.41) is 22.4. The Morgan fingerprint density at radius 3 is 2.31 bits per heavy atom. The van der Waals surface area contributed by atoms with E-state index in [2.05, 4.69) is 5.10 Å². The molecule has 0 radical (unpaired) electrons. The van der Waals surface area contributed by atoms with Gasteiger partial charge in [-0.2, -0.15) is 0 Å². The molecule has 0 spiro atoms. The monoisotopic (exact) mass is 192 g/mol. The van der Waals surface area contributed by atoms with E-state index in [1.165, 1.54) is 5.43 Å². The van der Waals surface area contributed by atoms with Crippen molar-refractivity contribution in [3.63, 3.8) is 0 Å². The van der Waals surface area contributed by atoms with Crippen molar-refractivity contribution in [2.75, 3.05) is 7.05 Å².